The number of aromatic hydroxyl groups is 1. The van der Waals surface area contributed by atoms with Crippen LogP contribution in [0.1, 0.15) is 20.8 Å². The van der Waals surface area contributed by atoms with Gasteiger partial charge in [-0.1, -0.05) is 6.07 Å². The molecule has 1 amide bonds. The summed E-state index contributed by atoms with van der Waals surface area (Å²) in [4.78, 5) is 16.0. The van der Waals surface area contributed by atoms with Crippen LogP contribution in [0.5, 0.6) is 5.75 Å². The molecule has 1 aliphatic rings. The van der Waals surface area contributed by atoms with Crippen molar-refractivity contribution in [3.8, 4) is 5.75 Å². The number of thiophene rings is 1. The van der Waals surface area contributed by atoms with Crippen molar-refractivity contribution in [2.24, 2.45) is 0 Å². The second-order valence-corrected chi connectivity index (χ2v) is 10.5. The summed E-state index contributed by atoms with van der Waals surface area (Å²) >= 11 is 1.21. The smallest absolute Gasteiger partial charge is 0.252 e. The number of carbonyl (C=O) groups is 1. The quantitative estimate of drug-likeness (QED) is 0.751. The molecule has 1 aromatic heterocycles. The molecule has 1 N–H and O–H groups in total. The number of rotatable bonds is 6. The highest BCUT2D eigenvalue weighted by atomic mass is 32.2. The van der Waals surface area contributed by atoms with Crippen LogP contribution >= 0.6 is 11.3 Å². The molecule has 9 heteroatoms. The van der Waals surface area contributed by atoms with Gasteiger partial charge in [0.25, 0.3) is 10.0 Å². The molecule has 2 heterocycles. The highest BCUT2D eigenvalue weighted by molar-refractivity contribution is 7.91. The average Bonchev–Trinajstić information content (AvgIpc) is 3.22. The van der Waals surface area contributed by atoms with Gasteiger partial charge in [-0.05, 0) is 49.6 Å². The fourth-order valence-corrected chi connectivity index (χ4v) is 6.27. The van der Waals surface area contributed by atoms with E-state index in [1.165, 1.54) is 22.6 Å². The zero-order valence-corrected chi connectivity index (χ0v) is 18.5. The fraction of sp³-hybridized carbons (Fsp3) is 0.450. The number of sulfonamides is 1. The minimum Gasteiger partial charge on any atom is -0.508 e. The Kier molecular flexibility index (Phi) is 6.50. The minimum atomic E-state index is -3.56. The van der Waals surface area contributed by atoms with E-state index in [9.17, 15) is 18.3 Å². The second kappa shape index (κ2) is 8.73. The Hall–Kier alpha value is -2.10. The number of hydrogen-bond donors (Lipinski definition) is 1. The number of benzene rings is 1. The molecule has 158 valence electrons. The molecule has 0 aliphatic carbocycles. The lowest BCUT2D eigenvalue weighted by atomic mass is 10.1. The number of piperazine rings is 1. The van der Waals surface area contributed by atoms with E-state index in [1.54, 1.807) is 34.5 Å². The lowest BCUT2D eigenvalue weighted by Crippen LogP contribution is -2.59. The van der Waals surface area contributed by atoms with Crippen molar-refractivity contribution in [1.29, 1.82) is 0 Å². The maximum Gasteiger partial charge on any atom is 0.252 e. The summed E-state index contributed by atoms with van der Waals surface area (Å²) in [6.07, 6.45) is 0. The zero-order chi connectivity index (χ0) is 21.2. The molecular weight excluding hydrogens is 410 g/mol. The Bertz CT molecular complexity index is 927. The highest BCUT2D eigenvalue weighted by Gasteiger charge is 2.36. The number of amides is 1. The maximum absolute atomic E-state index is 13.0. The Morgan fingerprint density at radius 3 is 2.48 bits per heavy atom. The van der Waals surface area contributed by atoms with Gasteiger partial charge in [-0.15, -0.1) is 11.3 Å². The van der Waals surface area contributed by atoms with Gasteiger partial charge >= 0.3 is 0 Å². The summed E-state index contributed by atoms with van der Waals surface area (Å²) in [5.74, 6) is 0.139. The first kappa shape index (κ1) is 21.6. The van der Waals surface area contributed by atoms with E-state index >= 15 is 0 Å². The highest BCUT2D eigenvalue weighted by Crippen LogP contribution is 2.28. The van der Waals surface area contributed by atoms with E-state index in [2.05, 4.69) is 4.90 Å². The van der Waals surface area contributed by atoms with Crippen LogP contribution in [0.15, 0.2) is 46.0 Å². The molecule has 29 heavy (non-hydrogen) atoms. The average molecular weight is 438 g/mol. The van der Waals surface area contributed by atoms with E-state index in [1.807, 2.05) is 26.0 Å². The molecule has 3 rings (SSSR count). The van der Waals surface area contributed by atoms with Crippen molar-refractivity contribution >= 4 is 33.0 Å². The van der Waals surface area contributed by atoms with E-state index in [4.69, 9.17) is 0 Å². The number of anilines is 1. The van der Waals surface area contributed by atoms with Gasteiger partial charge in [0.2, 0.25) is 5.91 Å². The molecule has 7 nitrogen and oxygen atoms in total. The van der Waals surface area contributed by atoms with Gasteiger partial charge in [-0.3, -0.25) is 4.79 Å². The van der Waals surface area contributed by atoms with Crippen molar-refractivity contribution in [2.45, 2.75) is 37.1 Å². The monoisotopic (exact) mass is 437 g/mol. The van der Waals surface area contributed by atoms with Crippen LogP contribution in [0.2, 0.25) is 0 Å². The van der Waals surface area contributed by atoms with Crippen molar-refractivity contribution < 1.29 is 18.3 Å². The lowest BCUT2D eigenvalue weighted by molar-refractivity contribution is -0.130. The first-order valence-electron chi connectivity index (χ1n) is 9.56. The summed E-state index contributed by atoms with van der Waals surface area (Å²) in [5.41, 5.74) is 0.897. The summed E-state index contributed by atoms with van der Waals surface area (Å²) in [5, 5.41) is 11.4. The van der Waals surface area contributed by atoms with Crippen LogP contribution < -0.4 is 4.90 Å². The number of nitrogens with zero attached hydrogens (tertiary/aromatic N) is 3. The van der Waals surface area contributed by atoms with Gasteiger partial charge in [0, 0.05) is 44.8 Å². The number of hydrogen-bond acceptors (Lipinski definition) is 6. The molecule has 1 aliphatic heterocycles. The Morgan fingerprint density at radius 1 is 1.24 bits per heavy atom. The third kappa shape index (κ3) is 4.73. The van der Waals surface area contributed by atoms with Gasteiger partial charge in [-0.25, -0.2) is 8.42 Å². The van der Waals surface area contributed by atoms with E-state index in [0.29, 0.717) is 23.8 Å². The maximum atomic E-state index is 13.0. The number of carbonyl (C=O) groups excluding carboxylic acids is 1. The topological polar surface area (TPSA) is 81.2 Å². The normalized spacial score (nSPS) is 18.2. The first-order chi connectivity index (χ1) is 13.7. The molecule has 0 spiro atoms. The molecule has 0 unspecified atom stereocenters. The van der Waals surface area contributed by atoms with Crippen molar-refractivity contribution in [3.05, 3.63) is 41.8 Å². The Labute approximate surface area is 176 Å². The molecule has 1 atom stereocenters. The van der Waals surface area contributed by atoms with Crippen LogP contribution in [0, 0.1) is 0 Å². The van der Waals surface area contributed by atoms with Gasteiger partial charge in [0.05, 0.1) is 6.04 Å². The van der Waals surface area contributed by atoms with Crippen molar-refractivity contribution in [2.75, 3.05) is 31.1 Å². The molecule has 1 saturated heterocycles. The second-order valence-electron chi connectivity index (χ2n) is 7.42. The molecule has 1 fully saturated rings. The van der Waals surface area contributed by atoms with E-state index in [-0.39, 0.29) is 30.3 Å². The Balaban J connectivity index is 1.90. The molecule has 2 aromatic rings. The number of phenols is 1. The molecule has 1 aromatic carbocycles. The van der Waals surface area contributed by atoms with Gasteiger partial charge < -0.3 is 14.9 Å². The van der Waals surface area contributed by atoms with Crippen LogP contribution in [0.25, 0.3) is 0 Å². The predicted molar refractivity (Wildman–Crippen MR) is 115 cm³/mol. The van der Waals surface area contributed by atoms with Crippen LogP contribution in [-0.4, -0.2) is 66.9 Å². The van der Waals surface area contributed by atoms with Gasteiger partial charge in [0.15, 0.2) is 0 Å². The van der Waals surface area contributed by atoms with Gasteiger partial charge in [0.1, 0.15) is 9.96 Å². The molecule has 0 bridgehead atoms. The fourth-order valence-electron chi connectivity index (χ4n) is 3.65. The summed E-state index contributed by atoms with van der Waals surface area (Å²) in [7, 11) is -3.56. The summed E-state index contributed by atoms with van der Waals surface area (Å²) in [6.45, 7) is 7.02. The van der Waals surface area contributed by atoms with Crippen LogP contribution in [-0.2, 0) is 14.8 Å². The summed E-state index contributed by atoms with van der Waals surface area (Å²) in [6, 6.07) is 10.0. The van der Waals surface area contributed by atoms with Crippen LogP contribution in [0.3, 0.4) is 0 Å². The summed E-state index contributed by atoms with van der Waals surface area (Å²) < 4.78 is 27.9. The molecular formula is C20H27N3O4S2. The Morgan fingerprint density at radius 2 is 1.93 bits per heavy atom. The molecule has 0 saturated carbocycles. The minimum absolute atomic E-state index is 0.0125. The predicted octanol–water partition coefficient (Wildman–Crippen LogP) is 2.59. The van der Waals surface area contributed by atoms with Crippen molar-refractivity contribution in [3.63, 3.8) is 0 Å². The third-order valence-electron chi connectivity index (χ3n) is 5.15. The van der Waals surface area contributed by atoms with E-state index in [0.717, 1.165) is 5.69 Å². The van der Waals surface area contributed by atoms with Crippen LogP contribution in [0.4, 0.5) is 5.69 Å². The van der Waals surface area contributed by atoms with Gasteiger partial charge in [-0.2, -0.15) is 4.31 Å². The zero-order valence-electron chi connectivity index (χ0n) is 16.9. The standard InChI is InChI=1S/C20H27N3O4S2/c1-15(2)23(16(3)24)14-18-13-21(29(26,27)20-5-4-12-28-20)10-11-22(18)17-6-8-19(25)9-7-17/h4-9,12,15,18,25H,10-11,13-14H2,1-3H3/t18-/m1/s1. The lowest BCUT2D eigenvalue weighted by Gasteiger charge is -2.44. The SMILES string of the molecule is CC(=O)N(C[C@H]1CN(S(=O)(=O)c2cccs2)CCN1c1ccc(O)cc1)C(C)C. The molecule has 0 radical (unpaired) electrons. The van der Waals surface area contributed by atoms with E-state index < -0.39 is 10.0 Å². The third-order valence-corrected chi connectivity index (χ3v) is 8.39. The largest absolute Gasteiger partial charge is 0.508 e. The number of phenolic OH excluding ortho intramolecular Hbond substituents is 1. The first-order valence-corrected chi connectivity index (χ1v) is 11.9. The van der Waals surface area contributed by atoms with Crippen molar-refractivity contribution in [1.82, 2.24) is 9.21 Å².